The Hall–Kier alpha value is -2.70. The molecule has 0 radical (unpaired) electrons. The third-order valence-corrected chi connectivity index (χ3v) is 5.71. The Morgan fingerprint density at radius 1 is 1.23 bits per heavy atom. The van der Waals surface area contributed by atoms with Crippen LogP contribution >= 0.6 is 11.6 Å². The first kappa shape index (κ1) is 20.6. The Morgan fingerprint density at radius 3 is 2.80 bits per heavy atom. The van der Waals surface area contributed by atoms with Crippen molar-refractivity contribution >= 4 is 17.5 Å². The molecule has 30 heavy (non-hydrogen) atoms. The zero-order valence-electron chi connectivity index (χ0n) is 17.4. The van der Waals surface area contributed by atoms with Gasteiger partial charge in [-0.3, -0.25) is 14.5 Å². The maximum atomic E-state index is 13.0. The summed E-state index contributed by atoms with van der Waals surface area (Å²) < 4.78 is 7.71. The van der Waals surface area contributed by atoms with E-state index in [-0.39, 0.29) is 12.0 Å². The number of ether oxygens (including phenoxy) is 1. The fourth-order valence-corrected chi connectivity index (χ4v) is 4.02. The van der Waals surface area contributed by atoms with Gasteiger partial charge in [0.2, 0.25) is 0 Å². The number of rotatable bonds is 4. The molecule has 1 fully saturated rings. The smallest absolute Gasteiger partial charge is 0.257 e. The van der Waals surface area contributed by atoms with Crippen LogP contribution in [-0.4, -0.2) is 45.3 Å². The van der Waals surface area contributed by atoms with Crippen LogP contribution in [0.15, 0.2) is 42.6 Å². The van der Waals surface area contributed by atoms with E-state index in [9.17, 15) is 4.79 Å². The van der Waals surface area contributed by atoms with Gasteiger partial charge in [0, 0.05) is 30.0 Å². The second kappa shape index (κ2) is 8.58. The lowest BCUT2D eigenvalue weighted by molar-refractivity contribution is -0.0248. The van der Waals surface area contributed by atoms with Crippen molar-refractivity contribution in [2.45, 2.75) is 26.4 Å². The Morgan fingerprint density at radius 2 is 2.07 bits per heavy atom. The van der Waals surface area contributed by atoms with Gasteiger partial charge in [-0.15, -0.1) is 0 Å². The van der Waals surface area contributed by atoms with Crippen molar-refractivity contribution < 1.29 is 9.53 Å². The monoisotopic (exact) mass is 424 g/mol. The number of amides is 1. The minimum atomic E-state index is -0.252. The van der Waals surface area contributed by atoms with Crippen molar-refractivity contribution in [3.05, 3.63) is 81.4 Å². The average Bonchev–Trinajstić information content (AvgIpc) is 3.06. The molecule has 6 nitrogen and oxygen atoms in total. The number of nitrogens with zero attached hydrogens (tertiary/aromatic N) is 4. The number of halogens is 1. The van der Waals surface area contributed by atoms with Gasteiger partial charge in [-0.2, -0.15) is 5.10 Å². The molecule has 156 valence electrons. The standard InChI is InChI=1S/C23H25ClN4O2/c1-15-9-18(10-17-5-4-6-19(24)11-17)12-21(26-15)22-14-28(7-8-30-22)23(29)20-13-25-27(3)16(20)2/h4-6,9,11-13,22H,7-8,10,14H2,1-3H3/t22-/m1/s1. The van der Waals surface area contributed by atoms with E-state index in [2.05, 4.69) is 23.3 Å². The predicted octanol–water partition coefficient (Wildman–Crippen LogP) is 3.89. The van der Waals surface area contributed by atoms with Crippen molar-refractivity contribution in [2.24, 2.45) is 7.05 Å². The van der Waals surface area contributed by atoms with Crippen LogP contribution in [0.2, 0.25) is 5.02 Å². The first-order valence-electron chi connectivity index (χ1n) is 10.0. The summed E-state index contributed by atoms with van der Waals surface area (Å²) in [6.07, 6.45) is 2.15. The van der Waals surface area contributed by atoms with Gasteiger partial charge in [-0.05, 0) is 55.7 Å². The molecule has 0 N–H and O–H groups in total. The molecule has 0 aliphatic carbocycles. The van der Waals surface area contributed by atoms with Gasteiger partial charge in [0.15, 0.2) is 0 Å². The molecule has 1 aliphatic rings. The number of carbonyl (C=O) groups excluding carboxylic acids is 1. The highest BCUT2D eigenvalue weighted by molar-refractivity contribution is 6.30. The van der Waals surface area contributed by atoms with Gasteiger partial charge < -0.3 is 9.64 Å². The van der Waals surface area contributed by atoms with Gasteiger partial charge in [0.05, 0.1) is 30.6 Å². The lowest BCUT2D eigenvalue weighted by Crippen LogP contribution is -2.42. The molecule has 0 saturated carbocycles. The minimum absolute atomic E-state index is 0.0132. The lowest BCUT2D eigenvalue weighted by Gasteiger charge is -2.33. The lowest BCUT2D eigenvalue weighted by atomic mass is 10.0. The normalized spacial score (nSPS) is 16.7. The van der Waals surface area contributed by atoms with Crippen LogP contribution in [0.4, 0.5) is 0 Å². The van der Waals surface area contributed by atoms with E-state index in [0.717, 1.165) is 39.7 Å². The van der Waals surface area contributed by atoms with Crippen LogP contribution in [0.5, 0.6) is 0 Å². The molecule has 1 aromatic carbocycles. The number of aromatic nitrogens is 3. The van der Waals surface area contributed by atoms with E-state index >= 15 is 0 Å². The summed E-state index contributed by atoms with van der Waals surface area (Å²) in [4.78, 5) is 19.5. The molecule has 0 unspecified atom stereocenters. The summed E-state index contributed by atoms with van der Waals surface area (Å²) in [6.45, 7) is 5.40. The fourth-order valence-electron chi connectivity index (χ4n) is 3.81. The average molecular weight is 425 g/mol. The molecular formula is C23H25ClN4O2. The molecule has 3 aromatic rings. The maximum Gasteiger partial charge on any atom is 0.257 e. The molecule has 4 rings (SSSR count). The van der Waals surface area contributed by atoms with Crippen LogP contribution in [0.25, 0.3) is 0 Å². The Kier molecular flexibility index (Phi) is 5.88. The Bertz CT molecular complexity index is 1080. The highest BCUT2D eigenvalue weighted by Crippen LogP contribution is 2.25. The summed E-state index contributed by atoms with van der Waals surface area (Å²) in [5.74, 6) is -0.0132. The number of pyridine rings is 1. The van der Waals surface area contributed by atoms with Crippen molar-refractivity contribution in [1.82, 2.24) is 19.7 Å². The minimum Gasteiger partial charge on any atom is -0.368 e. The predicted molar refractivity (Wildman–Crippen MR) is 116 cm³/mol. The number of hydrogen-bond acceptors (Lipinski definition) is 4. The first-order chi connectivity index (χ1) is 14.4. The second-order valence-corrected chi connectivity index (χ2v) is 8.16. The van der Waals surface area contributed by atoms with Gasteiger partial charge >= 0.3 is 0 Å². The van der Waals surface area contributed by atoms with Crippen molar-refractivity contribution in [3.8, 4) is 0 Å². The number of morpholine rings is 1. The molecule has 3 heterocycles. The molecule has 1 aliphatic heterocycles. The fraction of sp³-hybridized carbons (Fsp3) is 0.348. The molecule has 2 aromatic heterocycles. The zero-order chi connectivity index (χ0) is 21.3. The summed E-state index contributed by atoms with van der Waals surface area (Å²) in [5.41, 5.74) is 5.58. The molecule has 0 bridgehead atoms. The molecule has 1 amide bonds. The molecule has 1 atom stereocenters. The third-order valence-electron chi connectivity index (χ3n) is 5.48. The van der Waals surface area contributed by atoms with Gasteiger partial charge in [-0.1, -0.05) is 23.7 Å². The molecule has 1 saturated heterocycles. The van der Waals surface area contributed by atoms with E-state index in [1.165, 1.54) is 0 Å². The van der Waals surface area contributed by atoms with E-state index in [0.29, 0.717) is 25.3 Å². The maximum absolute atomic E-state index is 13.0. The summed E-state index contributed by atoms with van der Waals surface area (Å²) >= 11 is 6.13. The molecule has 0 spiro atoms. The summed E-state index contributed by atoms with van der Waals surface area (Å²) in [7, 11) is 1.84. The van der Waals surface area contributed by atoms with Crippen LogP contribution in [0.1, 0.15) is 44.7 Å². The van der Waals surface area contributed by atoms with Gasteiger partial charge in [0.1, 0.15) is 6.10 Å². The highest BCUT2D eigenvalue weighted by atomic mass is 35.5. The third kappa shape index (κ3) is 4.40. The van der Waals surface area contributed by atoms with Crippen molar-refractivity contribution in [3.63, 3.8) is 0 Å². The number of aryl methyl sites for hydroxylation is 2. The van der Waals surface area contributed by atoms with Crippen LogP contribution in [0.3, 0.4) is 0 Å². The number of benzene rings is 1. The Balaban J connectivity index is 1.54. The summed E-state index contributed by atoms with van der Waals surface area (Å²) in [6, 6.07) is 12.0. The highest BCUT2D eigenvalue weighted by Gasteiger charge is 2.29. The van der Waals surface area contributed by atoms with Crippen LogP contribution < -0.4 is 0 Å². The van der Waals surface area contributed by atoms with Gasteiger partial charge in [0.25, 0.3) is 5.91 Å². The largest absolute Gasteiger partial charge is 0.368 e. The van der Waals surface area contributed by atoms with Crippen molar-refractivity contribution in [2.75, 3.05) is 19.7 Å². The quantitative estimate of drug-likeness (QED) is 0.637. The number of carbonyl (C=O) groups is 1. The van der Waals surface area contributed by atoms with Crippen molar-refractivity contribution in [1.29, 1.82) is 0 Å². The van der Waals surface area contributed by atoms with E-state index in [1.807, 2.05) is 44.0 Å². The Labute approximate surface area is 181 Å². The van der Waals surface area contributed by atoms with E-state index in [1.54, 1.807) is 10.9 Å². The first-order valence-corrected chi connectivity index (χ1v) is 10.4. The zero-order valence-corrected chi connectivity index (χ0v) is 18.2. The number of hydrogen-bond donors (Lipinski definition) is 0. The topological polar surface area (TPSA) is 60.2 Å². The molecule has 7 heteroatoms. The van der Waals surface area contributed by atoms with Crippen LogP contribution in [0, 0.1) is 13.8 Å². The second-order valence-electron chi connectivity index (χ2n) is 7.73. The van der Waals surface area contributed by atoms with Crippen LogP contribution in [-0.2, 0) is 18.2 Å². The molecular weight excluding hydrogens is 400 g/mol. The van der Waals surface area contributed by atoms with Gasteiger partial charge in [-0.25, -0.2) is 0 Å². The summed E-state index contributed by atoms with van der Waals surface area (Å²) in [5, 5.41) is 4.93. The van der Waals surface area contributed by atoms with E-state index < -0.39 is 0 Å². The van der Waals surface area contributed by atoms with E-state index in [4.69, 9.17) is 21.3 Å². The SMILES string of the molecule is Cc1cc(Cc2cccc(Cl)c2)cc([C@H]2CN(C(=O)c3cnn(C)c3C)CCO2)n1.